The Hall–Kier alpha value is -4.27. The Morgan fingerprint density at radius 1 is 0.974 bits per heavy atom. The van der Waals surface area contributed by atoms with Gasteiger partial charge in [0, 0.05) is 11.3 Å². The number of thioether (sulfide) groups is 1. The fourth-order valence-electron chi connectivity index (χ4n) is 4.17. The van der Waals surface area contributed by atoms with Crippen molar-refractivity contribution in [1.82, 2.24) is 4.90 Å². The Kier molecular flexibility index (Phi) is 7.86. The number of anilines is 1. The molecule has 5 rings (SSSR count). The van der Waals surface area contributed by atoms with E-state index in [0.29, 0.717) is 34.4 Å². The standard InChI is InChI=1S/C30H23ClN2O5S/c1-37-26-14-13-22(16-24(26)31)32-28(34)17-33-29(35)27(39-30(33)36)15-20-8-3-5-12-25(20)38-18-21-10-6-9-19-7-2-4-11-23(19)21/h2-16H,17-18H2,1H3,(H,32,34)/b27-15-. The zero-order valence-electron chi connectivity index (χ0n) is 20.8. The van der Waals surface area contributed by atoms with Crippen molar-refractivity contribution < 1.29 is 23.9 Å². The number of nitrogens with one attached hydrogen (secondary N) is 1. The van der Waals surface area contributed by atoms with Gasteiger partial charge in [0.05, 0.1) is 17.0 Å². The summed E-state index contributed by atoms with van der Waals surface area (Å²) in [5, 5.41) is 4.68. The fraction of sp³-hybridized carbons (Fsp3) is 0.100. The van der Waals surface area contributed by atoms with E-state index in [0.717, 1.165) is 33.0 Å². The molecule has 1 fully saturated rings. The summed E-state index contributed by atoms with van der Waals surface area (Å²) in [6.07, 6.45) is 1.62. The zero-order chi connectivity index (χ0) is 27.4. The maximum Gasteiger partial charge on any atom is 0.294 e. The molecule has 4 aromatic rings. The molecule has 0 bridgehead atoms. The second-order valence-electron chi connectivity index (χ2n) is 8.63. The van der Waals surface area contributed by atoms with Gasteiger partial charge in [0.2, 0.25) is 5.91 Å². The smallest absolute Gasteiger partial charge is 0.294 e. The first-order valence-electron chi connectivity index (χ1n) is 12.0. The number of amides is 3. The lowest BCUT2D eigenvalue weighted by Gasteiger charge is -2.13. The number of para-hydroxylation sites is 1. The summed E-state index contributed by atoms with van der Waals surface area (Å²) in [6.45, 7) is -0.0892. The summed E-state index contributed by atoms with van der Waals surface area (Å²) >= 11 is 6.89. The molecule has 7 nitrogen and oxygen atoms in total. The number of halogens is 1. The average Bonchev–Trinajstić information content (AvgIpc) is 3.19. The maximum atomic E-state index is 13.0. The van der Waals surface area contributed by atoms with Crippen LogP contribution in [0.15, 0.2) is 89.8 Å². The molecule has 0 aliphatic carbocycles. The first-order valence-corrected chi connectivity index (χ1v) is 13.2. The molecule has 4 aromatic carbocycles. The van der Waals surface area contributed by atoms with Crippen LogP contribution in [0, 0.1) is 0 Å². The number of ether oxygens (including phenoxy) is 2. The minimum Gasteiger partial charge on any atom is -0.495 e. The van der Waals surface area contributed by atoms with Gasteiger partial charge in [0.1, 0.15) is 24.7 Å². The van der Waals surface area contributed by atoms with E-state index in [9.17, 15) is 14.4 Å². The molecule has 1 heterocycles. The van der Waals surface area contributed by atoms with Crippen LogP contribution >= 0.6 is 23.4 Å². The SMILES string of the molecule is COc1ccc(NC(=O)CN2C(=O)S/C(=C\c3ccccc3OCc3cccc4ccccc34)C2=O)cc1Cl. The number of carbonyl (C=O) groups is 3. The molecule has 0 spiro atoms. The van der Waals surface area contributed by atoms with Crippen LogP contribution in [0.2, 0.25) is 5.02 Å². The molecule has 1 aliphatic rings. The second kappa shape index (κ2) is 11.6. The molecule has 1 aliphatic heterocycles. The summed E-state index contributed by atoms with van der Waals surface area (Å²) < 4.78 is 11.2. The third-order valence-corrected chi connectivity index (χ3v) is 7.28. The van der Waals surface area contributed by atoms with E-state index < -0.39 is 23.6 Å². The Morgan fingerprint density at radius 3 is 2.56 bits per heavy atom. The van der Waals surface area contributed by atoms with Crippen LogP contribution < -0.4 is 14.8 Å². The van der Waals surface area contributed by atoms with Crippen LogP contribution in [0.5, 0.6) is 11.5 Å². The van der Waals surface area contributed by atoms with Gasteiger partial charge in [0.15, 0.2) is 0 Å². The Morgan fingerprint density at radius 2 is 1.74 bits per heavy atom. The third kappa shape index (κ3) is 5.92. The van der Waals surface area contributed by atoms with Gasteiger partial charge < -0.3 is 14.8 Å². The number of imide groups is 1. The van der Waals surface area contributed by atoms with Gasteiger partial charge in [-0.15, -0.1) is 0 Å². The number of carbonyl (C=O) groups excluding carboxylic acids is 3. The van der Waals surface area contributed by atoms with Crippen molar-refractivity contribution in [2.24, 2.45) is 0 Å². The van der Waals surface area contributed by atoms with Crippen molar-refractivity contribution in [2.75, 3.05) is 19.0 Å². The average molecular weight is 559 g/mol. The number of hydrogen-bond acceptors (Lipinski definition) is 6. The lowest BCUT2D eigenvalue weighted by Crippen LogP contribution is -2.36. The molecule has 3 amide bonds. The zero-order valence-corrected chi connectivity index (χ0v) is 22.4. The van der Waals surface area contributed by atoms with Gasteiger partial charge in [-0.25, -0.2) is 0 Å². The molecular formula is C30H23ClN2O5S. The lowest BCUT2D eigenvalue weighted by molar-refractivity contribution is -0.127. The number of rotatable bonds is 8. The van der Waals surface area contributed by atoms with E-state index in [4.69, 9.17) is 21.1 Å². The number of nitrogens with zero attached hydrogens (tertiary/aromatic N) is 1. The lowest BCUT2D eigenvalue weighted by atomic mass is 10.1. The van der Waals surface area contributed by atoms with Gasteiger partial charge in [0.25, 0.3) is 11.1 Å². The highest BCUT2D eigenvalue weighted by Crippen LogP contribution is 2.34. The molecule has 1 N–H and O–H groups in total. The molecule has 0 radical (unpaired) electrons. The monoisotopic (exact) mass is 558 g/mol. The van der Waals surface area contributed by atoms with Crippen LogP contribution in [0.3, 0.4) is 0 Å². The molecular weight excluding hydrogens is 536 g/mol. The minimum absolute atomic E-state index is 0.210. The number of benzene rings is 4. The van der Waals surface area contributed by atoms with E-state index in [1.54, 1.807) is 18.2 Å². The second-order valence-corrected chi connectivity index (χ2v) is 10.0. The van der Waals surface area contributed by atoms with Crippen LogP contribution in [-0.4, -0.2) is 35.6 Å². The van der Waals surface area contributed by atoms with Gasteiger partial charge in [-0.2, -0.15) is 0 Å². The van der Waals surface area contributed by atoms with Gasteiger partial charge in [-0.05, 0) is 58.4 Å². The molecule has 1 saturated heterocycles. The highest BCUT2D eigenvalue weighted by atomic mass is 35.5. The predicted molar refractivity (Wildman–Crippen MR) is 154 cm³/mol. The van der Waals surface area contributed by atoms with Crippen LogP contribution in [0.1, 0.15) is 11.1 Å². The first-order chi connectivity index (χ1) is 18.9. The Balaban J connectivity index is 1.28. The predicted octanol–water partition coefficient (Wildman–Crippen LogP) is 6.76. The summed E-state index contributed by atoms with van der Waals surface area (Å²) in [4.78, 5) is 39.3. The van der Waals surface area contributed by atoms with Crippen molar-refractivity contribution in [3.05, 3.63) is 106 Å². The van der Waals surface area contributed by atoms with Crippen LogP contribution in [0.25, 0.3) is 16.8 Å². The van der Waals surface area contributed by atoms with E-state index in [2.05, 4.69) is 23.5 Å². The van der Waals surface area contributed by atoms with E-state index >= 15 is 0 Å². The van der Waals surface area contributed by atoms with E-state index in [1.807, 2.05) is 48.5 Å². The van der Waals surface area contributed by atoms with Crippen LogP contribution in [0.4, 0.5) is 10.5 Å². The minimum atomic E-state index is -0.545. The number of methoxy groups -OCH3 is 1. The van der Waals surface area contributed by atoms with Gasteiger partial charge in [-0.1, -0.05) is 72.3 Å². The fourth-order valence-corrected chi connectivity index (χ4v) is 5.26. The van der Waals surface area contributed by atoms with Crippen molar-refractivity contribution in [2.45, 2.75) is 6.61 Å². The highest BCUT2D eigenvalue weighted by Gasteiger charge is 2.36. The molecule has 0 atom stereocenters. The quantitative estimate of drug-likeness (QED) is 0.241. The molecule has 0 unspecified atom stereocenters. The van der Waals surface area contributed by atoms with Gasteiger partial charge >= 0.3 is 0 Å². The summed E-state index contributed by atoms with van der Waals surface area (Å²) in [6, 6.07) is 26.2. The largest absolute Gasteiger partial charge is 0.495 e. The maximum absolute atomic E-state index is 13.0. The summed E-state index contributed by atoms with van der Waals surface area (Å²) in [7, 11) is 1.49. The van der Waals surface area contributed by atoms with E-state index in [-0.39, 0.29) is 4.91 Å². The van der Waals surface area contributed by atoms with Crippen molar-refractivity contribution in [1.29, 1.82) is 0 Å². The Bertz CT molecular complexity index is 1620. The molecule has 196 valence electrons. The summed E-state index contributed by atoms with van der Waals surface area (Å²) in [5.74, 6) is -0.0335. The molecule has 39 heavy (non-hydrogen) atoms. The number of fused-ring (bicyclic) bond motifs is 1. The summed E-state index contributed by atoms with van der Waals surface area (Å²) in [5.41, 5.74) is 2.11. The Labute approximate surface area is 234 Å². The normalized spacial score (nSPS) is 14.2. The van der Waals surface area contributed by atoms with E-state index in [1.165, 1.54) is 13.2 Å². The molecule has 9 heteroatoms. The van der Waals surface area contributed by atoms with Gasteiger partial charge in [-0.3, -0.25) is 19.3 Å². The molecule has 0 aromatic heterocycles. The third-order valence-electron chi connectivity index (χ3n) is 6.08. The molecule has 0 saturated carbocycles. The van der Waals surface area contributed by atoms with Crippen molar-refractivity contribution >= 4 is 63.0 Å². The van der Waals surface area contributed by atoms with Crippen molar-refractivity contribution in [3.63, 3.8) is 0 Å². The van der Waals surface area contributed by atoms with Crippen LogP contribution in [-0.2, 0) is 16.2 Å². The van der Waals surface area contributed by atoms with Crippen molar-refractivity contribution in [3.8, 4) is 11.5 Å². The number of hydrogen-bond donors (Lipinski definition) is 1. The highest BCUT2D eigenvalue weighted by molar-refractivity contribution is 8.18. The topological polar surface area (TPSA) is 84.9 Å². The first kappa shape index (κ1) is 26.3.